The zero-order valence-electron chi connectivity index (χ0n) is 9.84. The van der Waals surface area contributed by atoms with Crippen molar-refractivity contribution < 1.29 is 4.48 Å². The monoisotopic (exact) mass is 214 g/mol. The number of likely N-dealkylation sites (tertiary alicyclic amines) is 1. The van der Waals surface area contributed by atoms with Crippen molar-refractivity contribution >= 4 is 0 Å². The summed E-state index contributed by atoms with van der Waals surface area (Å²) in [5.41, 5.74) is 0.493. The smallest absolute Gasteiger partial charge is 0.0295 e. The van der Waals surface area contributed by atoms with Crippen molar-refractivity contribution in [3.05, 3.63) is 0 Å². The minimum atomic E-state index is 0.493. The van der Waals surface area contributed by atoms with Crippen molar-refractivity contribution in [3.8, 4) is 0 Å². The lowest BCUT2D eigenvalue weighted by molar-refractivity contribution is -0.0537. The third kappa shape index (κ3) is 2.70. The molecule has 0 aromatic carbocycles. The molecular formula is C12H23FN2. The Morgan fingerprint density at radius 1 is 1.00 bits per heavy atom. The molecule has 0 N–H and O–H groups in total. The van der Waals surface area contributed by atoms with Gasteiger partial charge in [0.1, 0.15) is 0 Å². The summed E-state index contributed by atoms with van der Waals surface area (Å²) in [5, 5.41) is 0.990. The standard InChI is InChI=1S/C12H23FN2/c1-2-7-14-8-3-12(4-9-14)5-10-15(13)11-6-12/h2-11H2,1H3. The highest BCUT2D eigenvalue weighted by molar-refractivity contribution is 4.89. The second kappa shape index (κ2) is 4.79. The van der Waals surface area contributed by atoms with Crippen LogP contribution < -0.4 is 0 Å². The first-order valence-electron chi connectivity index (χ1n) is 6.37. The maximum Gasteiger partial charge on any atom is 0.0295 e. The van der Waals surface area contributed by atoms with E-state index >= 15 is 0 Å². The van der Waals surface area contributed by atoms with Gasteiger partial charge in [-0.15, -0.1) is 9.60 Å². The Morgan fingerprint density at radius 3 is 2.07 bits per heavy atom. The van der Waals surface area contributed by atoms with E-state index < -0.39 is 0 Å². The summed E-state index contributed by atoms with van der Waals surface area (Å²) in [7, 11) is 0. The van der Waals surface area contributed by atoms with Gasteiger partial charge in [-0.05, 0) is 57.2 Å². The van der Waals surface area contributed by atoms with E-state index in [0.717, 1.165) is 18.0 Å². The van der Waals surface area contributed by atoms with E-state index in [2.05, 4.69) is 11.8 Å². The van der Waals surface area contributed by atoms with E-state index in [1.807, 2.05) is 0 Å². The molecule has 0 aromatic rings. The number of rotatable bonds is 2. The van der Waals surface area contributed by atoms with Crippen molar-refractivity contribution in [3.63, 3.8) is 0 Å². The largest absolute Gasteiger partial charge is 0.303 e. The minimum absolute atomic E-state index is 0.493. The highest BCUT2D eigenvalue weighted by Crippen LogP contribution is 2.41. The predicted octanol–water partition coefficient (Wildman–Crippen LogP) is 2.46. The van der Waals surface area contributed by atoms with E-state index in [4.69, 9.17) is 0 Å². The van der Waals surface area contributed by atoms with Gasteiger partial charge >= 0.3 is 0 Å². The zero-order valence-corrected chi connectivity index (χ0v) is 9.84. The highest BCUT2D eigenvalue weighted by atomic mass is 19.2. The van der Waals surface area contributed by atoms with Gasteiger partial charge in [-0.1, -0.05) is 6.92 Å². The zero-order chi connectivity index (χ0) is 10.7. The summed E-state index contributed by atoms with van der Waals surface area (Å²) in [6.45, 7) is 7.28. The second-order valence-corrected chi connectivity index (χ2v) is 5.25. The molecule has 2 heterocycles. The van der Waals surface area contributed by atoms with Gasteiger partial charge in [0.25, 0.3) is 0 Å². The van der Waals surface area contributed by atoms with Gasteiger partial charge in [0.2, 0.25) is 0 Å². The van der Waals surface area contributed by atoms with Crippen LogP contribution in [0, 0.1) is 5.41 Å². The fraction of sp³-hybridized carbons (Fsp3) is 1.00. The highest BCUT2D eigenvalue weighted by Gasteiger charge is 2.37. The van der Waals surface area contributed by atoms with Crippen molar-refractivity contribution in [2.24, 2.45) is 5.41 Å². The molecule has 1 spiro atoms. The molecule has 2 saturated heterocycles. The Hall–Kier alpha value is -0.150. The van der Waals surface area contributed by atoms with Crippen LogP contribution in [0.1, 0.15) is 39.0 Å². The SMILES string of the molecule is CCCN1CCC2(CCN(F)CC2)CC1. The maximum atomic E-state index is 12.9. The predicted molar refractivity (Wildman–Crippen MR) is 60.3 cm³/mol. The van der Waals surface area contributed by atoms with Gasteiger partial charge in [-0.25, -0.2) is 0 Å². The molecule has 0 unspecified atom stereocenters. The molecular weight excluding hydrogens is 191 g/mol. The minimum Gasteiger partial charge on any atom is -0.303 e. The van der Waals surface area contributed by atoms with Gasteiger partial charge in [-0.2, -0.15) is 0 Å². The maximum absolute atomic E-state index is 12.9. The summed E-state index contributed by atoms with van der Waals surface area (Å²) in [5.74, 6) is 0. The third-order valence-electron chi connectivity index (χ3n) is 4.23. The first-order chi connectivity index (χ1) is 7.24. The van der Waals surface area contributed by atoms with E-state index in [0.29, 0.717) is 18.5 Å². The molecule has 15 heavy (non-hydrogen) atoms. The molecule has 2 nitrogen and oxygen atoms in total. The van der Waals surface area contributed by atoms with Gasteiger partial charge < -0.3 is 4.90 Å². The summed E-state index contributed by atoms with van der Waals surface area (Å²) in [6.07, 6.45) is 5.99. The molecule has 0 bridgehead atoms. The Balaban J connectivity index is 1.81. The average molecular weight is 214 g/mol. The third-order valence-corrected chi connectivity index (χ3v) is 4.23. The van der Waals surface area contributed by atoms with Crippen LogP contribution in [0.4, 0.5) is 4.48 Å². The lowest BCUT2D eigenvalue weighted by Crippen LogP contribution is -2.45. The Morgan fingerprint density at radius 2 is 1.53 bits per heavy atom. The first kappa shape index (κ1) is 11.3. The van der Waals surface area contributed by atoms with Crippen LogP contribution in [0.25, 0.3) is 0 Å². The van der Waals surface area contributed by atoms with Crippen LogP contribution in [-0.4, -0.2) is 42.7 Å². The molecule has 3 heteroatoms. The lowest BCUT2D eigenvalue weighted by Gasteiger charge is -2.45. The van der Waals surface area contributed by atoms with Crippen molar-refractivity contribution in [2.45, 2.75) is 39.0 Å². The van der Waals surface area contributed by atoms with E-state index in [1.165, 1.54) is 38.9 Å². The molecule has 0 atom stereocenters. The molecule has 0 amide bonds. The number of nitrogens with zero attached hydrogens (tertiary/aromatic N) is 2. The average Bonchev–Trinajstić information content (AvgIpc) is 2.27. The molecule has 0 saturated carbocycles. The summed E-state index contributed by atoms with van der Waals surface area (Å²) in [4.78, 5) is 2.56. The van der Waals surface area contributed by atoms with Gasteiger partial charge in [-0.3, -0.25) is 0 Å². The molecule has 2 rings (SSSR count). The molecule has 0 radical (unpaired) electrons. The Kier molecular flexibility index (Phi) is 3.62. The fourth-order valence-electron chi connectivity index (χ4n) is 3.02. The topological polar surface area (TPSA) is 6.48 Å². The van der Waals surface area contributed by atoms with Crippen LogP contribution in [0.15, 0.2) is 0 Å². The summed E-state index contributed by atoms with van der Waals surface area (Å²) in [6, 6.07) is 0. The van der Waals surface area contributed by atoms with Crippen molar-refractivity contribution in [1.29, 1.82) is 0 Å². The molecule has 88 valence electrons. The Bertz CT molecular complexity index is 190. The molecule has 2 aliphatic rings. The number of halogens is 1. The van der Waals surface area contributed by atoms with Crippen molar-refractivity contribution in [2.75, 3.05) is 32.7 Å². The van der Waals surface area contributed by atoms with Crippen LogP contribution >= 0.6 is 0 Å². The molecule has 2 fully saturated rings. The number of piperidine rings is 2. The van der Waals surface area contributed by atoms with Gasteiger partial charge in [0.15, 0.2) is 0 Å². The lowest BCUT2D eigenvalue weighted by atomic mass is 9.71. The van der Waals surface area contributed by atoms with Crippen LogP contribution in [0.2, 0.25) is 0 Å². The van der Waals surface area contributed by atoms with Crippen LogP contribution in [0.5, 0.6) is 0 Å². The van der Waals surface area contributed by atoms with E-state index in [9.17, 15) is 4.48 Å². The van der Waals surface area contributed by atoms with Crippen molar-refractivity contribution in [1.82, 2.24) is 10.0 Å². The molecule has 0 aliphatic carbocycles. The number of hydrogen-bond acceptors (Lipinski definition) is 2. The summed E-state index contributed by atoms with van der Waals surface area (Å²) < 4.78 is 12.9. The number of hydrogen-bond donors (Lipinski definition) is 0. The fourth-order valence-corrected chi connectivity index (χ4v) is 3.02. The van der Waals surface area contributed by atoms with E-state index in [1.54, 1.807) is 0 Å². The molecule has 2 aliphatic heterocycles. The first-order valence-corrected chi connectivity index (χ1v) is 6.37. The van der Waals surface area contributed by atoms with Gasteiger partial charge in [0, 0.05) is 13.1 Å². The Labute approximate surface area is 92.4 Å². The summed E-state index contributed by atoms with van der Waals surface area (Å²) >= 11 is 0. The van der Waals surface area contributed by atoms with Crippen LogP contribution in [-0.2, 0) is 0 Å². The van der Waals surface area contributed by atoms with E-state index in [-0.39, 0.29) is 0 Å². The molecule has 0 aromatic heterocycles. The van der Waals surface area contributed by atoms with Gasteiger partial charge in [0.05, 0.1) is 0 Å². The second-order valence-electron chi connectivity index (χ2n) is 5.25. The quantitative estimate of drug-likeness (QED) is 0.652. The van der Waals surface area contributed by atoms with Crippen LogP contribution in [0.3, 0.4) is 0 Å². The normalized spacial score (nSPS) is 28.4.